The summed E-state index contributed by atoms with van der Waals surface area (Å²) < 4.78 is 24.9. The van der Waals surface area contributed by atoms with E-state index >= 15 is 0 Å². The quantitative estimate of drug-likeness (QED) is 0.711. The van der Waals surface area contributed by atoms with Crippen LogP contribution in [-0.2, 0) is 0 Å². The smallest absolute Gasteiger partial charge is 0.131 e. The molecule has 0 bridgehead atoms. The Hall–Kier alpha value is -1.16. The average Bonchev–Trinajstić information content (AvgIpc) is 2.03. The first-order valence-electron chi connectivity index (χ1n) is 3.45. The fourth-order valence-electron chi connectivity index (χ4n) is 0.970. The topological polar surface area (TPSA) is 46.2 Å². The molecule has 0 saturated carbocycles. The third kappa shape index (κ3) is 1.53. The minimum atomic E-state index is -1.09. The lowest BCUT2D eigenvalue weighted by Crippen LogP contribution is -2.14. The Balaban J connectivity index is 3.12. The average molecular weight is 173 g/mol. The van der Waals surface area contributed by atoms with Gasteiger partial charge in [-0.25, -0.2) is 8.78 Å². The highest BCUT2D eigenvalue weighted by atomic mass is 19.1. The van der Waals surface area contributed by atoms with Crippen molar-refractivity contribution in [2.24, 2.45) is 5.73 Å². The van der Waals surface area contributed by atoms with Crippen LogP contribution in [0.4, 0.5) is 8.78 Å². The molecule has 0 aliphatic heterocycles. The number of phenols is 1. The second-order valence-electron chi connectivity index (χ2n) is 2.43. The first-order chi connectivity index (χ1) is 5.66. The van der Waals surface area contributed by atoms with Gasteiger partial charge in [0.15, 0.2) is 0 Å². The zero-order chi connectivity index (χ0) is 9.14. The van der Waals surface area contributed by atoms with Crippen LogP contribution in [0.1, 0.15) is 11.6 Å². The molecule has 0 aromatic heterocycles. The van der Waals surface area contributed by atoms with Crippen LogP contribution in [0.3, 0.4) is 0 Å². The number of hydrogen-bond acceptors (Lipinski definition) is 2. The van der Waals surface area contributed by atoms with E-state index in [2.05, 4.69) is 0 Å². The minimum Gasteiger partial charge on any atom is -0.507 e. The maximum absolute atomic E-state index is 12.9. The Labute approximate surface area is 68.6 Å². The highest BCUT2D eigenvalue weighted by molar-refractivity contribution is 5.35. The van der Waals surface area contributed by atoms with Gasteiger partial charge in [0.1, 0.15) is 18.2 Å². The Morgan fingerprint density at radius 3 is 2.67 bits per heavy atom. The number of nitrogens with two attached hydrogens (primary N) is 1. The number of halogens is 2. The molecule has 0 spiro atoms. The molecule has 1 aromatic rings. The van der Waals surface area contributed by atoms with Gasteiger partial charge in [0, 0.05) is 5.56 Å². The van der Waals surface area contributed by atoms with Crippen molar-refractivity contribution in [2.75, 3.05) is 6.67 Å². The van der Waals surface area contributed by atoms with E-state index < -0.39 is 18.5 Å². The number of aromatic hydroxyl groups is 1. The van der Waals surface area contributed by atoms with Crippen LogP contribution in [0.5, 0.6) is 5.75 Å². The van der Waals surface area contributed by atoms with E-state index in [9.17, 15) is 8.78 Å². The van der Waals surface area contributed by atoms with Crippen molar-refractivity contribution in [3.8, 4) is 5.75 Å². The normalized spacial score (nSPS) is 12.9. The molecular formula is C8H9F2NO. The monoisotopic (exact) mass is 173 g/mol. The van der Waals surface area contributed by atoms with Crippen LogP contribution in [0.2, 0.25) is 0 Å². The lowest BCUT2D eigenvalue weighted by molar-refractivity contribution is 0.401. The lowest BCUT2D eigenvalue weighted by atomic mass is 10.1. The molecule has 3 N–H and O–H groups in total. The van der Waals surface area contributed by atoms with Crippen molar-refractivity contribution < 1.29 is 13.9 Å². The van der Waals surface area contributed by atoms with Gasteiger partial charge < -0.3 is 10.8 Å². The molecular weight excluding hydrogens is 164 g/mol. The number of phenolic OH excluding ortho intramolecular Hbond substituents is 1. The first-order valence-corrected chi connectivity index (χ1v) is 3.45. The second kappa shape index (κ2) is 3.49. The molecule has 0 amide bonds. The molecule has 2 nitrogen and oxygen atoms in total. The first kappa shape index (κ1) is 8.93. The summed E-state index contributed by atoms with van der Waals surface area (Å²) in [5.41, 5.74) is 5.05. The molecule has 1 atom stereocenters. The Bertz CT molecular complexity index is 258. The van der Waals surface area contributed by atoms with Gasteiger partial charge in [0.05, 0.1) is 6.04 Å². The van der Waals surface area contributed by atoms with E-state index in [1.165, 1.54) is 12.1 Å². The van der Waals surface area contributed by atoms with Gasteiger partial charge in [0.2, 0.25) is 0 Å². The van der Waals surface area contributed by atoms with Gasteiger partial charge in [0.25, 0.3) is 0 Å². The Morgan fingerprint density at radius 2 is 2.17 bits per heavy atom. The maximum atomic E-state index is 12.9. The number of benzene rings is 1. The van der Waals surface area contributed by atoms with Crippen molar-refractivity contribution in [1.82, 2.24) is 0 Å². The van der Waals surface area contributed by atoms with E-state index in [-0.39, 0.29) is 11.3 Å². The highest BCUT2D eigenvalue weighted by Crippen LogP contribution is 2.25. The summed E-state index contributed by atoms with van der Waals surface area (Å²) in [6.07, 6.45) is 0. The van der Waals surface area contributed by atoms with E-state index in [1.54, 1.807) is 0 Å². The van der Waals surface area contributed by atoms with Gasteiger partial charge in [-0.05, 0) is 12.1 Å². The number of rotatable bonds is 2. The number of hydrogen-bond donors (Lipinski definition) is 2. The lowest BCUT2D eigenvalue weighted by Gasteiger charge is -2.09. The van der Waals surface area contributed by atoms with Gasteiger partial charge in [-0.3, -0.25) is 0 Å². The molecule has 1 aromatic carbocycles. The zero-order valence-electron chi connectivity index (χ0n) is 6.30. The van der Waals surface area contributed by atoms with Crippen molar-refractivity contribution >= 4 is 0 Å². The van der Waals surface area contributed by atoms with Gasteiger partial charge in [-0.15, -0.1) is 0 Å². The minimum absolute atomic E-state index is 0.167. The van der Waals surface area contributed by atoms with Crippen LogP contribution < -0.4 is 5.73 Å². The van der Waals surface area contributed by atoms with E-state index in [0.29, 0.717) is 0 Å². The van der Waals surface area contributed by atoms with E-state index in [4.69, 9.17) is 10.8 Å². The predicted octanol–water partition coefficient (Wildman–Crippen LogP) is 1.50. The molecule has 0 aliphatic carbocycles. The van der Waals surface area contributed by atoms with Gasteiger partial charge in [-0.1, -0.05) is 6.07 Å². The van der Waals surface area contributed by atoms with Crippen molar-refractivity contribution in [1.29, 1.82) is 0 Å². The van der Waals surface area contributed by atoms with Crippen LogP contribution in [0.25, 0.3) is 0 Å². The van der Waals surface area contributed by atoms with Crippen molar-refractivity contribution in [3.05, 3.63) is 29.6 Å². The summed E-state index contributed by atoms with van der Waals surface area (Å²) in [6, 6.07) is 2.64. The van der Waals surface area contributed by atoms with Gasteiger partial charge >= 0.3 is 0 Å². The molecule has 12 heavy (non-hydrogen) atoms. The second-order valence-corrected chi connectivity index (χ2v) is 2.43. The molecule has 1 rings (SSSR count). The van der Waals surface area contributed by atoms with Crippen molar-refractivity contribution in [3.63, 3.8) is 0 Å². The third-order valence-corrected chi connectivity index (χ3v) is 1.57. The predicted molar refractivity (Wildman–Crippen MR) is 41.0 cm³/mol. The van der Waals surface area contributed by atoms with Crippen LogP contribution >= 0.6 is 0 Å². The van der Waals surface area contributed by atoms with Crippen LogP contribution in [0, 0.1) is 5.82 Å². The SMILES string of the molecule is N[C@H](CF)c1c(O)cccc1F. The summed E-state index contributed by atoms with van der Waals surface area (Å²) in [7, 11) is 0. The molecule has 0 aliphatic rings. The van der Waals surface area contributed by atoms with Gasteiger partial charge in [-0.2, -0.15) is 0 Å². The molecule has 0 saturated heterocycles. The zero-order valence-corrected chi connectivity index (χ0v) is 6.30. The standard InChI is InChI=1S/C8H9F2NO/c9-4-6(11)8-5(10)2-1-3-7(8)12/h1-3,6,12H,4,11H2/t6-/m1/s1. The highest BCUT2D eigenvalue weighted by Gasteiger charge is 2.14. The molecule has 0 heterocycles. The molecule has 0 fully saturated rings. The molecule has 0 radical (unpaired) electrons. The molecule has 0 unspecified atom stereocenters. The third-order valence-electron chi connectivity index (χ3n) is 1.57. The summed E-state index contributed by atoms with van der Waals surface area (Å²) in [5, 5.41) is 9.11. The number of alkyl halides is 1. The van der Waals surface area contributed by atoms with Crippen LogP contribution in [0.15, 0.2) is 18.2 Å². The maximum Gasteiger partial charge on any atom is 0.131 e. The fraction of sp³-hybridized carbons (Fsp3) is 0.250. The summed E-state index contributed by atoms with van der Waals surface area (Å²) in [5.74, 6) is -0.986. The summed E-state index contributed by atoms with van der Waals surface area (Å²) >= 11 is 0. The fourth-order valence-corrected chi connectivity index (χ4v) is 0.970. The van der Waals surface area contributed by atoms with E-state index in [1.807, 2.05) is 0 Å². The van der Waals surface area contributed by atoms with Crippen molar-refractivity contribution in [2.45, 2.75) is 6.04 Å². The van der Waals surface area contributed by atoms with Crippen LogP contribution in [-0.4, -0.2) is 11.8 Å². The largest absolute Gasteiger partial charge is 0.507 e. The molecule has 66 valence electrons. The Kier molecular flexibility index (Phi) is 2.60. The van der Waals surface area contributed by atoms with E-state index in [0.717, 1.165) is 6.07 Å². The summed E-state index contributed by atoms with van der Waals surface area (Å²) in [4.78, 5) is 0. The Morgan fingerprint density at radius 1 is 1.50 bits per heavy atom. The summed E-state index contributed by atoms with van der Waals surface area (Å²) in [6.45, 7) is -0.894. The molecule has 4 heteroatoms.